The predicted octanol–water partition coefficient (Wildman–Crippen LogP) is 5.88. The van der Waals surface area contributed by atoms with E-state index in [0.717, 1.165) is 16.8 Å². The fourth-order valence-electron chi connectivity index (χ4n) is 3.18. The van der Waals surface area contributed by atoms with Crippen LogP contribution in [0.2, 0.25) is 10.0 Å². The van der Waals surface area contributed by atoms with Crippen LogP contribution in [0.4, 0.5) is 0 Å². The second-order valence-corrected chi connectivity index (χ2v) is 8.99. The van der Waals surface area contributed by atoms with E-state index >= 15 is 0 Å². The van der Waals surface area contributed by atoms with Crippen LogP contribution in [0.3, 0.4) is 0 Å². The largest absolute Gasteiger partial charge is 0.493 e. The summed E-state index contributed by atoms with van der Waals surface area (Å²) in [4.78, 5) is 12.5. The number of aromatic nitrogens is 3. The van der Waals surface area contributed by atoms with Crippen molar-refractivity contribution in [2.45, 2.75) is 12.1 Å². The lowest BCUT2D eigenvalue weighted by molar-refractivity contribution is -0.118. The summed E-state index contributed by atoms with van der Waals surface area (Å²) in [5.74, 6) is 1.14. The number of carbonyl (C=O) groups is 1. The van der Waals surface area contributed by atoms with Crippen LogP contribution in [0.1, 0.15) is 12.5 Å². The molecule has 0 radical (unpaired) electrons. The zero-order valence-corrected chi connectivity index (χ0v) is 21.0. The van der Waals surface area contributed by atoms with Gasteiger partial charge in [0, 0.05) is 26.9 Å². The Kier molecular flexibility index (Phi) is 8.41. The number of nitrogens with zero attached hydrogens (tertiary/aromatic N) is 4. The summed E-state index contributed by atoms with van der Waals surface area (Å²) < 4.78 is 7.44. The van der Waals surface area contributed by atoms with Crippen LogP contribution in [0.15, 0.2) is 83.1 Å². The minimum Gasteiger partial charge on any atom is -0.493 e. The third-order valence-electron chi connectivity index (χ3n) is 4.76. The highest BCUT2D eigenvalue weighted by Crippen LogP contribution is 2.29. The molecule has 0 atom stereocenters. The first-order chi connectivity index (χ1) is 17.0. The SMILES string of the molecule is CCOc1ccccc1/C=N/NC(=O)CSc1nnc(-c2ccc(Cl)cc2)n1-c1ccc(Cl)cc1. The molecule has 0 aliphatic heterocycles. The quantitative estimate of drug-likeness (QED) is 0.167. The summed E-state index contributed by atoms with van der Waals surface area (Å²) in [6, 6.07) is 22.1. The molecule has 0 aliphatic carbocycles. The van der Waals surface area contributed by atoms with Crippen LogP contribution in [0.5, 0.6) is 5.75 Å². The van der Waals surface area contributed by atoms with Crippen molar-refractivity contribution in [3.63, 3.8) is 0 Å². The summed E-state index contributed by atoms with van der Waals surface area (Å²) >= 11 is 13.4. The molecule has 0 fully saturated rings. The number of ether oxygens (including phenoxy) is 1. The van der Waals surface area contributed by atoms with E-state index in [0.29, 0.717) is 33.4 Å². The Hall–Kier alpha value is -3.33. The average molecular weight is 526 g/mol. The number of hydrazone groups is 1. The van der Waals surface area contributed by atoms with Crippen LogP contribution in [0.25, 0.3) is 17.1 Å². The van der Waals surface area contributed by atoms with Crippen molar-refractivity contribution in [3.05, 3.63) is 88.4 Å². The second-order valence-electron chi connectivity index (χ2n) is 7.18. The number of rotatable bonds is 9. The lowest BCUT2D eigenvalue weighted by atomic mass is 10.2. The minimum atomic E-state index is -0.279. The number of hydrogen-bond acceptors (Lipinski definition) is 6. The Morgan fingerprint density at radius 1 is 1.03 bits per heavy atom. The van der Waals surface area contributed by atoms with E-state index in [-0.39, 0.29) is 11.7 Å². The molecule has 0 spiro atoms. The smallest absolute Gasteiger partial charge is 0.250 e. The molecular formula is C25H21Cl2N5O2S. The van der Waals surface area contributed by atoms with E-state index in [9.17, 15) is 4.79 Å². The highest BCUT2D eigenvalue weighted by molar-refractivity contribution is 7.99. The van der Waals surface area contributed by atoms with Crippen LogP contribution in [-0.2, 0) is 4.79 Å². The number of nitrogens with one attached hydrogen (secondary N) is 1. The minimum absolute atomic E-state index is 0.0940. The molecule has 7 nitrogen and oxygen atoms in total. The van der Waals surface area contributed by atoms with Crippen LogP contribution < -0.4 is 10.2 Å². The number of halogens is 2. The number of amides is 1. The molecule has 10 heteroatoms. The first-order valence-electron chi connectivity index (χ1n) is 10.7. The first-order valence-corrected chi connectivity index (χ1v) is 12.4. The van der Waals surface area contributed by atoms with E-state index in [1.165, 1.54) is 11.8 Å². The van der Waals surface area contributed by atoms with Gasteiger partial charge in [-0.2, -0.15) is 5.10 Å². The van der Waals surface area contributed by atoms with E-state index in [2.05, 4.69) is 20.7 Å². The summed E-state index contributed by atoms with van der Waals surface area (Å²) in [5.41, 5.74) is 4.98. The molecule has 4 aromatic rings. The summed E-state index contributed by atoms with van der Waals surface area (Å²) in [6.07, 6.45) is 1.56. The van der Waals surface area contributed by atoms with E-state index in [1.807, 2.05) is 60.0 Å². The molecule has 0 aliphatic rings. The normalized spacial score (nSPS) is 11.1. The Labute approximate surface area is 217 Å². The van der Waals surface area contributed by atoms with Gasteiger partial charge in [-0.25, -0.2) is 5.43 Å². The Balaban J connectivity index is 1.49. The summed E-state index contributed by atoms with van der Waals surface area (Å²) in [6.45, 7) is 2.45. The molecule has 0 bridgehead atoms. The zero-order chi connectivity index (χ0) is 24.6. The highest BCUT2D eigenvalue weighted by Gasteiger charge is 2.17. The van der Waals surface area contributed by atoms with Gasteiger partial charge in [0.1, 0.15) is 5.75 Å². The van der Waals surface area contributed by atoms with Crippen LogP contribution >= 0.6 is 35.0 Å². The molecule has 4 rings (SSSR count). The molecule has 0 saturated carbocycles. The molecular weight excluding hydrogens is 505 g/mol. The van der Waals surface area contributed by atoms with Crippen molar-refractivity contribution in [2.24, 2.45) is 5.10 Å². The van der Waals surface area contributed by atoms with Crippen molar-refractivity contribution in [1.29, 1.82) is 0 Å². The molecule has 1 heterocycles. The molecule has 0 saturated heterocycles. The van der Waals surface area contributed by atoms with Crippen molar-refractivity contribution < 1.29 is 9.53 Å². The van der Waals surface area contributed by atoms with E-state index < -0.39 is 0 Å². The number of benzene rings is 3. The Morgan fingerprint density at radius 2 is 1.71 bits per heavy atom. The molecule has 35 heavy (non-hydrogen) atoms. The predicted molar refractivity (Wildman–Crippen MR) is 141 cm³/mol. The highest BCUT2D eigenvalue weighted by atomic mass is 35.5. The van der Waals surface area contributed by atoms with Gasteiger partial charge in [0.25, 0.3) is 5.91 Å². The standard InChI is InChI=1S/C25H21Cl2N5O2S/c1-2-34-22-6-4-3-5-18(22)15-28-29-23(33)16-35-25-31-30-24(17-7-9-19(26)10-8-17)32(25)21-13-11-20(27)12-14-21/h3-15H,2,16H2,1H3,(H,29,33)/b28-15+. The van der Waals surface area contributed by atoms with E-state index in [1.54, 1.807) is 30.5 Å². The lowest BCUT2D eigenvalue weighted by Crippen LogP contribution is -2.20. The molecule has 0 unspecified atom stereocenters. The van der Waals surface area contributed by atoms with Gasteiger partial charge in [-0.15, -0.1) is 10.2 Å². The molecule has 3 aromatic carbocycles. The topological polar surface area (TPSA) is 81.4 Å². The number of carbonyl (C=O) groups excluding carboxylic acids is 1. The number of para-hydroxylation sites is 1. The van der Waals surface area contributed by atoms with Crippen LogP contribution in [0, 0.1) is 0 Å². The van der Waals surface area contributed by atoms with Gasteiger partial charge in [-0.05, 0) is 67.6 Å². The van der Waals surface area contributed by atoms with Gasteiger partial charge in [-0.1, -0.05) is 47.1 Å². The number of hydrogen-bond donors (Lipinski definition) is 1. The molecule has 178 valence electrons. The third-order valence-corrected chi connectivity index (χ3v) is 6.20. The van der Waals surface area contributed by atoms with Gasteiger partial charge < -0.3 is 4.74 Å². The third kappa shape index (κ3) is 6.42. The van der Waals surface area contributed by atoms with Gasteiger partial charge in [0.15, 0.2) is 11.0 Å². The summed E-state index contributed by atoms with van der Waals surface area (Å²) in [5, 5.41) is 14.5. The van der Waals surface area contributed by atoms with Gasteiger partial charge in [-0.3, -0.25) is 9.36 Å². The molecule has 1 amide bonds. The molecule has 1 aromatic heterocycles. The van der Waals surface area contributed by atoms with Gasteiger partial charge in [0.2, 0.25) is 0 Å². The van der Waals surface area contributed by atoms with E-state index in [4.69, 9.17) is 27.9 Å². The van der Waals surface area contributed by atoms with Crippen LogP contribution in [-0.4, -0.2) is 39.2 Å². The maximum Gasteiger partial charge on any atom is 0.250 e. The van der Waals surface area contributed by atoms with Crippen molar-refractivity contribution in [3.8, 4) is 22.8 Å². The zero-order valence-electron chi connectivity index (χ0n) is 18.7. The Bertz CT molecular complexity index is 1320. The fraction of sp³-hybridized carbons (Fsp3) is 0.120. The maximum atomic E-state index is 12.5. The summed E-state index contributed by atoms with van der Waals surface area (Å²) in [7, 11) is 0. The molecule has 1 N–H and O–H groups in total. The lowest BCUT2D eigenvalue weighted by Gasteiger charge is -2.10. The maximum absolute atomic E-state index is 12.5. The fourth-order valence-corrected chi connectivity index (χ4v) is 4.18. The number of thioether (sulfide) groups is 1. The second kappa shape index (κ2) is 11.9. The average Bonchev–Trinajstić information content (AvgIpc) is 3.29. The van der Waals surface area contributed by atoms with Gasteiger partial charge >= 0.3 is 0 Å². The van der Waals surface area contributed by atoms with Crippen molar-refractivity contribution >= 4 is 47.1 Å². The monoisotopic (exact) mass is 525 g/mol. The Morgan fingerprint density at radius 3 is 2.43 bits per heavy atom. The van der Waals surface area contributed by atoms with Gasteiger partial charge in [0.05, 0.1) is 18.6 Å². The van der Waals surface area contributed by atoms with Crippen molar-refractivity contribution in [1.82, 2.24) is 20.2 Å². The van der Waals surface area contributed by atoms with Crippen molar-refractivity contribution in [2.75, 3.05) is 12.4 Å². The first kappa shape index (κ1) is 24.8.